The van der Waals surface area contributed by atoms with E-state index in [4.69, 9.17) is 13.9 Å². The molecule has 0 N–H and O–H groups in total. The Balaban J connectivity index is 1.34. The van der Waals surface area contributed by atoms with Crippen molar-refractivity contribution in [3.05, 3.63) is 54.4 Å². The van der Waals surface area contributed by atoms with Gasteiger partial charge in [0.05, 0.1) is 0 Å². The number of hydrogen-bond donors (Lipinski definition) is 0. The minimum absolute atomic E-state index is 0.238. The van der Waals surface area contributed by atoms with Gasteiger partial charge in [0.1, 0.15) is 17.0 Å². The molecule has 0 saturated carbocycles. The average Bonchev–Trinajstić information content (AvgIpc) is 3.30. The monoisotopic (exact) mass is 338 g/mol. The first-order valence-electron chi connectivity index (χ1n) is 8.32. The molecule has 0 atom stereocenters. The number of oxazole rings is 1. The van der Waals surface area contributed by atoms with Gasteiger partial charge in [-0.25, -0.2) is 9.78 Å². The zero-order valence-electron chi connectivity index (χ0n) is 13.7. The molecule has 128 valence electrons. The summed E-state index contributed by atoms with van der Waals surface area (Å²) in [6.07, 6.45) is 1.78. The summed E-state index contributed by atoms with van der Waals surface area (Å²) in [5.41, 5.74) is 1.55. The molecule has 3 aromatic rings. The highest BCUT2D eigenvalue weighted by molar-refractivity contribution is 5.72. The molecule has 0 aliphatic carbocycles. The van der Waals surface area contributed by atoms with Gasteiger partial charge in [0.2, 0.25) is 5.89 Å². The molecule has 1 aliphatic heterocycles. The van der Waals surface area contributed by atoms with Gasteiger partial charge in [-0.3, -0.25) is 0 Å². The van der Waals surface area contributed by atoms with Crippen molar-refractivity contribution < 1.29 is 18.7 Å². The van der Waals surface area contributed by atoms with Crippen molar-refractivity contribution in [2.24, 2.45) is 0 Å². The standard InChI is InChI=1S/C19H18N2O4/c22-19(21-11-3-4-12-21)24-15-9-7-14(8-10-15)23-13-18-20-16-5-1-2-6-17(16)25-18/h1-2,5-10H,3-4,11-13H2. The second-order valence-electron chi connectivity index (χ2n) is 5.90. The minimum Gasteiger partial charge on any atom is -0.484 e. The summed E-state index contributed by atoms with van der Waals surface area (Å²) in [6, 6.07) is 14.5. The van der Waals surface area contributed by atoms with Crippen molar-refractivity contribution in [3.63, 3.8) is 0 Å². The molecule has 4 rings (SSSR count). The van der Waals surface area contributed by atoms with Crippen LogP contribution in [0, 0.1) is 0 Å². The van der Waals surface area contributed by atoms with Crippen LogP contribution in [0.5, 0.6) is 11.5 Å². The number of nitrogens with zero attached hydrogens (tertiary/aromatic N) is 2. The first-order chi connectivity index (χ1) is 12.3. The van der Waals surface area contributed by atoms with E-state index in [9.17, 15) is 4.79 Å². The summed E-state index contributed by atoms with van der Waals surface area (Å²) >= 11 is 0. The number of carbonyl (C=O) groups is 1. The van der Waals surface area contributed by atoms with Gasteiger partial charge in [-0.15, -0.1) is 0 Å². The van der Waals surface area contributed by atoms with Gasteiger partial charge in [-0.05, 0) is 49.2 Å². The number of rotatable bonds is 4. The van der Waals surface area contributed by atoms with Crippen LogP contribution < -0.4 is 9.47 Å². The molecule has 1 fully saturated rings. The third-order valence-electron chi connectivity index (χ3n) is 4.09. The summed E-state index contributed by atoms with van der Waals surface area (Å²) in [6.45, 7) is 1.77. The van der Waals surface area contributed by atoms with Crippen LogP contribution >= 0.6 is 0 Å². The highest BCUT2D eigenvalue weighted by Crippen LogP contribution is 2.21. The molecule has 6 heteroatoms. The largest absolute Gasteiger partial charge is 0.484 e. The molecular weight excluding hydrogens is 320 g/mol. The van der Waals surface area contributed by atoms with Gasteiger partial charge < -0.3 is 18.8 Å². The van der Waals surface area contributed by atoms with Crippen molar-refractivity contribution in [1.29, 1.82) is 0 Å². The number of para-hydroxylation sites is 2. The fourth-order valence-corrected chi connectivity index (χ4v) is 2.80. The second-order valence-corrected chi connectivity index (χ2v) is 5.90. The van der Waals surface area contributed by atoms with E-state index in [0.717, 1.165) is 37.0 Å². The average molecular weight is 338 g/mol. The van der Waals surface area contributed by atoms with Crippen LogP contribution in [0.1, 0.15) is 18.7 Å². The van der Waals surface area contributed by atoms with E-state index >= 15 is 0 Å². The Morgan fingerprint density at radius 3 is 2.52 bits per heavy atom. The molecule has 1 aliphatic rings. The number of carbonyl (C=O) groups excluding carboxylic acids is 1. The van der Waals surface area contributed by atoms with E-state index in [0.29, 0.717) is 17.4 Å². The van der Waals surface area contributed by atoms with Gasteiger partial charge in [0, 0.05) is 13.1 Å². The smallest absolute Gasteiger partial charge is 0.415 e. The van der Waals surface area contributed by atoms with E-state index in [2.05, 4.69) is 4.98 Å². The van der Waals surface area contributed by atoms with Crippen LogP contribution in [0.25, 0.3) is 11.1 Å². The maximum atomic E-state index is 11.9. The van der Waals surface area contributed by atoms with Crippen molar-refractivity contribution in [2.75, 3.05) is 13.1 Å². The Bertz CT molecular complexity index is 834. The van der Waals surface area contributed by atoms with Crippen molar-refractivity contribution in [3.8, 4) is 11.5 Å². The van der Waals surface area contributed by atoms with Gasteiger partial charge in [-0.1, -0.05) is 12.1 Å². The zero-order chi connectivity index (χ0) is 17.1. The van der Waals surface area contributed by atoms with E-state index in [-0.39, 0.29) is 12.7 Å². The molecule has 1 saturated heterocycles. The first kappa shape index (κ1) is 15.5. The molecule has 0 bridgehead atoms. The molecule has 2 heterocycles. The lowest BCUT2D eigenvalue weighted by Crippen LogP contribution is -2.30. The van der Waals surface area contributed by atoms with Crippen LogP contribution in [-0.2, 0) is 6.61 Å². The molecule has 0 radical (unpaired) electrons. The zero-order valence-corrected chi connectivity index (χ0v) is 13.7. The Kier molecular flexibility index (Phi) is 4.24. The number of benzene rings is 2. The van der Waals surface area contributed by atoms with Gasteiger partial charge in [0.25, 0.3) is 0 Å². The topological polar surface area (TPSA) is 64.8 Å². The molecule has 25 heavy (non-hydrogen) atoms. The Hall–Kier alpha value is -3.02. The van der Waals surface area contributed by atoms with Gasteiger partial charge in [-0.2, -0.15) is 0 Å². The number of fused-ring (bicyclic) bond motifs is 1. The summed E-state index contributed by atoms with van der Waals surface area (Å²) < 4.78 is 16.6. The minimum atomic E-state index is -0.294. The Morgan fingerprint density at radius 1 is 1.04 bits per heavy atom. The number of aromatic nitrogens is 1. The maximum absolute atomic E-state index is 11.9. The fourth-order valence-electron chi connectivity index (χ4n) is 2.80. The highest BCUT2D eigenvalue weighted by atomic mass is 16.6. The lowest BCUT2D eigenvalue weighted by atomic mass is 10.3. The normalized spacial score (nSPS) is 14.0. The number of hydrogen-bond acceptors (Lipinski definition) is 5. The molecule has 2 aromatic carbocycles. The van der Waals surface area contributed by atoms with Gasteiger partial charge >= 0.3 is 6.09 Å². The fraction of sp³-hybridized carbons (Fsp3) is 0.263. The van der Waals surface area contributed by atoms with E-state index in [1.165, 1.54) is 0 Å². The Labute approximate surface area is 145 Å². The number of ether oxygens (including phenoxy) is 2. The molecule has 0 spiro atoms. The Morgan fingerprint density at radius 2 is 1.76 bits per heavy atom. The summed E-state index contributed by atoms with van der Waals surface area (Å²) in [5, 5.41) is 0. The highest BCUT2D eigenvalue weighted by Gasteiger charge is 2.19. The summed E-state index contributed by atoms with van der Waals surface area (Å²) in [5.74, 6) is 1.68. The van der Waals surface area contributed by atoms with E-state index in [1.54, 1.807) is 29.2 Å². The van der Waals surface area contributed by atoms with Crippen LogP contribution in [-0.4, -0.2) is 29.1 Å². The molecule has 6 nitrogen and oxygen atoms in total. The van der Waals surface area contributed by atoms with Gasteiger partial charge in [0.15, 0.2) is 12.2 Å². The van der Waals surface area contributed by atoms with E-state index in [1.807, 2.05) is 24.3 Å². The van der Waals surface area contributed by atoms with Crippen molar-refractivity contribution in [1.82, 2.24) is 9.88 Å². The van der Waals surface area contributed by atoms with Crippen LogP contribution in [0.4, 0.5) is 4.79 Å². The quantitative estimate of drug-likeness (QED) is 0.719. The summed E-state index contributed by atoms with van der Waals surface area (Å²) in [7, 11) is 0. The third-order valence-corrected chi connectivity index (χ3v) is 4.09. The summed E-state index contributed by atoms with van der Waals surface area (Å²) in [4.78, 5) is 18.0. The molecule has 1 amide bonds. The lowest BCUT2D eigenvalue weighted by molar-refractivity contribution is 0.162. The first-order valence-corrected chi connectivity index (χ1v) is 8.32. The molecule has 0 unspecified atom stereocenters. The lowest BCUT2D eigenvalue weighted by Gasteiger charge is -2.14. The van der Waals surface area contributed by atoms with Crippen molar-refractivity contribution >= 4 is 17.2 Å². The predicted octanol–water partition coefficient (Wildman–Crippen LogP) is 4.00. The van der Waals surface area contributed by atoms with Crippen LogP contribution in [0.15, 0.2) is 52.9 Å². The van der Waals surface area contributed by atoms with Crippen LogP contribution in [0.3, 0.4) is 0 Å². The van der Waals surface area contributed by atoms with E-state index < -0.39 is 0 Å². The second kappa shape index (κ2) is 6.84. The predicted molar refractivity (Wildman–Crippen MR) is 91.6 cm³/mol. The molecule has 1 aromatic heterocycles. The maximum Gasteiger partial charge on any atom is 0.415 e. The SMILES string of the molecule is O=C(Oc1ccc(OCc2nc3ccccc3o2)cc1)N1CCCC1. The van der Waals surface area contributed by atoms with Crippen molar-refractivity contribution in [2.45, 2.75) is 19.4 Å². The van der Waals surface area contributed by atoms with Crippen LogP contribution in [0.2, 0.25) is 0 Å². The number of amides is 1. The third kappa shape index (κ3) is 3.57. The number of likely N-dealkylation sites (tertiary alicyclic amines) is 1. The molecular formula is C19H18N2O4.